The van der Waals surface area contributed by atoms with Crippen LogP contribution >= 0.6 is 11.6 Å². The normalized spacial score (nSPS) is 11.8. The molecule has 0 unspecified atom stereocenters. The van der Waals surface area contributed by atoms with Crippen molar-refractivity contribution < 1.29 is 4.42 Å². The molecule has 2 aromatic carbocycles. The quantitative estimate of drug-likeness (QED) is 0.601. The summed E-state index contributed by atoms with van der Waals surface area (Å²) in [5.41, 5.74) is 3.04. The summed E-state index contributed by atoms with van der Waals surface area (Å²) in [6.45, 7) is 6.37. The van der Waals surface area contributed by atoms with E-state index >= 15 is 0 Å². The molecule has 0 aliphatic rings. The standard InChI is InChI=1S/C19H17ClO2/c1-19(2,3)13-6-9-17-15(10-13)18(21)16(11-22-17)12-4-7-14(20)8-5-12/h4-11H,1-3H3. The van der Waals surface area contributed by atoms with Crippen LogP contribution < -0.4 is 5.43 Å². The smallest absolute Gasteiger partial charge is 0.200 e. The van der Waals surface area contributed by atoms with E-state index in [9.17, 15) is 4.79 Å². The molecule has 0 aliphatic carbocycles. The molecule has 3 rings (SSSR count). The number of hydrogen-bond acceptors (Lipinski definition) is 2. The molecule has 0 fully saturated rings. The zero-order valence-corrected chi connectivity index (χ0v) is 13.6. The predicted molar refractivity (Wildman–Crippen MR) is 91.6 cm³/mol. The number of fused-ring (bicyclic) bond motifs is 1. The molecule has 0 bridgehead atoms. The number of rotatable bonds is 1. The summed E-state index contributed by atoms with van der Waals surface area (Å²) < 4.78 is 5.64. The molecular formula is C19H17ClO2. The fourth-order valence-corrected chi connectivity index (χ4v) is 2.55. The van der Waals surface area contributed by atoms with Crippen LogP contribution in [-0.2, 0) is 5.41 Å². The summed E-state index contributed by atoms with van der Waals surface area (Å²) in [7, 11) is 0. The number of hydrogen-bond donors (Lipinski definition) is 0. The first kappa shape index (κ1) is 14.9. The lowest BCUT2D eigenvalue weighted by atomic mass is 9.86. The van der Waals surface area contributed by atoms with Gasteiger partial charge in [0.1, 0.15) is 11.8 Å². The Morgan fingerprint density at radius 3 is 2.32 bits per heavy atom. The zero-order chi connectivity index (χ0) is 15.9. The fourth-order valence-electron chi connectivity index (χ4n) is 2.43. The molecule has 0 amide bonds. The van der Waals surface area contributed by atoms with Crippen LogP contribution in [0.25, 0.3) is 22.1 Å². The van der Waals surface area contributed by atoms with Gasteiger partial charge in [-0.15, -0.1) is 0 Å². The van der Waals surface area contributed by atoms with E-state index in [-0.39, 0.29) is 10.8 Å². The van der Waals surface area contributed by atoms with Gasteiger partial charge < -0.3 is 4.42 Å². The average molecular weight is 313 g/mol. The molecule has 0 spiro atoms. The second-order valence-electron chi connectivity index (χ2n) is 6.45. The molecule has 112 valence electrons. The van der Waals surface area contributed by atoms with E-state index < -0.39 is 0 Å². The first-order chi connectivity index (χ1) is 10.4. The van der Waals surface area contributed by atoms with E-state index in [1.807, 2.05) is 30.3 Å². The highest BCUT2D eigenvalue weighted by atomic mass is 35.5. The number of halogens is 1. The second-order valence-corrected chi connectivity index (χ2v) is 6.88. The van der Waals surface area contributed by atoms with Gasteiger partial charge in [0.25, 0.3) is 0 Å². The van der Waals surface area contributed by atoms with Gasteiger partial charge in [-0.1, -0.05) is 50.6 Å². The summed E-state index contributed by atoms with van der Waals surface area (Å²) in [6, 6.07) is 13.0. The van der Waals surface area contributed by atoms with E-state index in [0.29, 0.717) is 21.6 Å². The molecule has 0 saturated carbocycles. The van der Waals surface area contributed by atoms with Gasteiger partial charge in [-0.05, 0) is 40.8 Å². The van der Waals surface area contributed by atoms with Gasteiger partial charge in [0.15, 0.2) is 5.43 Å². The van der Waals surface area contributed by atoms with Crippen molar-refractivity contribution in [3.05, 3.63) is 69.5 Å². The highest BCUT2D eigenvalue weighted by Crippen LogP contribution is 2.27. The molecule has 0 atom stereocenters. The SMILES string of the molecule is CC(C)(C)c1ccc2occ(-c3ccc(Cl)cc3)c(=O)c2c1. The van der Waals surface area contributed by atoms with Crippen LogP contribution in [0.2, 0.25) is 5.02 Å². The molecular weight excluding hydrogens is 296 g/mol. The van der Waals surface area contributed by atoms with E-state index in [4.69, 9.17) is 16.0 Å². The fraction of sp³-hybridized carbons (Fsp3) is 0.211. The summed E-state index contributed by atoms with van der Waals surface area (Å²) in [5, 5.41) is 1.25. The average Bonchev–Trinajstić information content (AvgIpc) is 2.48. The van der Waals surface area contributed by atoms with Gasteiger partial charge in [-0.2, -0.15) is 0 Å². The van der Waals surface area contributed by atoms with Crippen molar-refractivity contribution in [3.63, 3.8) is 0 Å². The van der Waals surface area contributed by atoms with Crippen molar-refractivity contribution >= 4 is 22.6 Å². The van der Waals surface area contributed by atoms with Crippen LogP contribution in [0.15, 0.2) is 57.9 Å². The van der Waals surface area contributed by atoms with Crippen molar-refractivity contribution in [1.29, 1.82) is 0 Å². The largest absolute Gasteiger partial charge is 0.463 e. The van der Waals surface area contributed by atoms with Crippen molar-refractivity contribution in [1.82, 2.24) is 0 Å². The van der Waals surface area contributed by atoms with Gasteiger partial charge in [0.2, 0.25) is 0 Å². The minimum absolute atomic E-state index is 0.0170. The molecule has 2 nitrogen and oxygen atoms in total. The molecule has 1 heterocycles. The minimum atomic E-state index is -0.0188. The van der Waals surface area contributed by atoms with Crippen molar-refractivity contribution in [2.45, 2.75) is 26.2 Å². The third kappa shape index (κ3) is 2.67. The molecule has 3 aromatic rings. The van der Waals surface area contributed by atoms with Gasteiger partial charge in [0.05, 0.1) is 10.9 Å². The van der Waals surface area contributed by atoms with Crippen LogP contribution in [0.3, 0.4) is 0 Å². The molecule has 3 heteroatoms. The lowest BCUT2D eigenvalue weighted by Gasteiger charge is -2.19. The van der Waals surface area contributed by atoms with Crippen molar-refractivity contribution in [2.24, 2.45) is 0 Å². The molecule has 0 saturated heterocycles. The highest BCUT2D eigenvalue weighted by molar-refractivity contribution is 6.30. The lowest BCUT2D eigenvalue weighted by molar-refractivity contribution is 0.586. The Kier molecular flexibility index (Phi) is 3.57. The second kappa shape index (κ2) is 5.29. The van der Waals surface area contributed by atoms with Crippen molar-refractivity contribution in [3.8, 4) is 11.1 Å². The predicted octanol–water partition coefficient (Wildman–Crippen LogP) is 5.41. The van der Waals surface area contributed by atoms with Crippen LogP contribution in [0, 0.1) is 0 Å². The summed E-state index contributed by atoms with van der Waals surface area (Å²) in [5.74, 6) is 0. The summed E-state index contributed by atoms with van der Waals surface area (Å²) >= 11 is 5.90. The van der Waals surface area contributed by atoms with Gasteiger partial charge >= 0.3 is 0 Å². The Balaban J connectivity index is 2.24. The number of benzene rings is 2. The summed E-state index contributed by atoms with van der Waals surface area (Å²) in [6.07, 6.45) is 1.52. The van der Waals surface area contributed by atoms with Crippen LogP contribution in [0.1, 0.15) is 26.3 Å². The first-order valence-electron chi connectivity index (χ1n) is 7.18. The van der Waals surface area contributed by atoms with Gasteiger partial charge in [0, 0.05) is 5.02 Å². The van der Waals surface area contributed by atoms with E-state index in [2.05, 4.69) is 20.8 Å². The van der Waals surface area contributed by atoms with Crippen LogP contribution in [-0.4, -0.2) is 0 Å². The first-order valence-corrected chi connectivity index (χ1v) is 7.56. The summed E-state index contributed by atoms with van der Waals surface area (Å²) in [4.78, 5) is 12.8. The third-order valence-corrected chi connectivity index (χ3v) is 4.05. The van der Waals surface area contributed by atoms with Gasteiger partial charge in [-0.3, -0.25) is 4.79 Å². The maximum Gasteiger partial charge on any atom is 0.200 e. The molecule has 0 radical (unpaired) electrons. The maximum absolute atomic E-state index is 12.8. The third-order valence-electron chi connectivity index (χ3n) is 3.79. The van der Waals surface area contributed by atoms with E-state index in [1.165, 1.54) is 6.26 Å². The molecule has 1 aromatic heterocycles. The van der Waals surface area contributed by atoms with E-state index in [0.717, 1.165) is 11.1 Å². The van der Waals surface area contributed by atoms with Crippen LogP contribution in [0.5, 0.6) is 0 Å². The van der Waals surface area contributed by atoms with Crippen LogP contribution in [0.4, 0.5) is 0 Å². The van der Waals surface area contributed by atoms with Crippen molar-refractivity contribution in [2.75, 3.05) is 0 Å². The minimum Gasteiger partial charge on any atom is -0.463 e. The Bertz CT molecular complexity index is 884. The topological polar surface area (TPSA) is 30.2 Å². The highest BCUT2D eigenvalue weighted by Gasteiger charge is 2.16. The Hall–Kier alpha value is -2.06. The monoisotopic (exact) mass is 312 g/mol. The Morgan fingerprint density at radius 2 is 1.68 bits per heavy atom. The van der Waals surface area contributed by atoms with E-state index in [1.54, 1.807) is 12.1 Å². The molecule has 0 aliphatic heterocycles. The maximum atomic E-state index is 12.8. The molecule has 0 N–H and O–H groups in total. The zero-order valence-electron chi connectivity index (χ0n) is 12.8. The lowest BCUT2D eigenvalue weighted by Crippen LogP contribution is -2.12. The van der Waals surface area contributed by atoms with Gasteiger partial charge in [-0.25, -0.2) is 0 Å². The molecule has 22 heavy (non-hydrogen) atoms. The Morgan fingerprint density at radius 1 is 1.00 bits per heavy atom. The Labute approximate surface area is 134 Å².